The van der Waals surface area contributed by atoms with Crippen LogP contribution in [0.3, 0.4) is 0 Å². The van der Waals surface area contributed by atoms with Crippen LogP contribution in [0.1, 0.15) is 101 Å². The van der Waals surface area contributed by atoms with Crippen molar-refractivity contribution in [2.45, 2.75) is 91.3 Å². The first kappa shape index (κ1) is 46.8. The summed E-state index contributed by atoms with van der Waals surface area (Å²) in [6, 6.07) is 22.4. The van der Waals surface area contributed by atoms with Gasteiger partial charge in [-0.15, -0.1) is 0 Å². The molecule has 0 saturated carbocycles. The lowest BCUT2D eigenvalue weighted by Gasteiger charge is -2.39. The lowest BCUT2D eigenvalue weighted by molar-refractivity contribution is -0.166. The van der Waals surface area contributed by atoms with Gasteiger partial charge in [0.15, 0.2) is 0 Å². The molecule has 0 bridgehead atoms. The van der Waals surface area contributed by atoms with Crippen LogP contribution in [0, 0.1) is 5.92 Å². The average Bonchev–Trinajstić information content (AvgIpc) is 3.67. The normalized spacial score (nSPS) is 15.1. The molecule has 0 spiro atoms. The number of imide groups is 2. The summed E-state index contributed by atoms with van der Waals surface area (Å²) in [6.45, 7) is 10.3. The second kappa shape index (κ2) is 19.4. The molecule has 2 aliphatic rings. The van der Waals surface area contributed by atoms with Crippen LogP contribution in [0.25, 0.3) is 0 Å². The van der Waals surface area contributed by atoms with E-state index in [9.17, 15) is 43.2 Å². The van der Waals surface area contributed by atoms with Gasteiger partial charge in [0.2, 0.25) is 5.91 Å². The number of benzene rings is 4. The Morgan fingerprint density at radius 1 is 0.569 bits per heavy atom. The van der Waals surface area contributed by atoms with Gasteiger partial charge in [-0.25, -0.2) is 19.6 Å². The number of nitrogens with one attached hydrogen (secondary N) is 2. The van der Waals surface area contributed by atoms with Crippen molar-refractivity contribution in [3.8, 4) is 0 Å². The van der Waals surface area contributed by atoms with E-state index in [4.69, 9.17) is 9.47 Å². The molecule has 0 aliphatic carbocycles. The molecular weight excluding hydrogens is 837 g/mol. The van der Waals surface area contributed by atoms with Gasteiger partial charge in [-0.2, -0.15) is 10.0 Å². The summed E-state index contributed by atoms with van der Waals surface area (Å²) in [4.78, 5) is 128. The fourth-order valence-corrected chi connectivity index (χ4v) is 7.32. The second-order valence-corrected chi connectivity index (χ2v) is 16.9. The van der Waals surface area contributed by atoms with E-state index in [2.05, 4.69) is 10.6 Å². The molecule has 0 unspecified atom stereocenters. The number of rotatable bonds is 15. The van der Waals surface area contributed by atoms with Crippen molar-refractivity contribution in [3.63, 3.8) is 0 Å². The van der Waals surface area contributed by atoms with Gasteiger partial charge in [0, 0.05) is 6.42 Å². The first-order valence-electron chi connectivity index (χ1n) is 21.0. The Hall–Kier alpha value is -7.69. The zero-order chi connectivity index (χ0) is 47.3. The van der Waals surface area contributed by atoms with E-state index in [-0.39, 0.29) is 35.3 Å². The number of carbonyl (C=O) groups is 9. The topological polar surface area (TPSA) is 209 Å². The van der Waals surface area contributed by atoms with Crippen LogP contribution < -0.4 is 10.6 Å². The maximum absolute atomic E-state index is 15.0. The summed E-state index contributed by atoms with van der Waals surface area (Å²) in [5, 5.41) is 7.50. The molecule has 17 nitrogen and oxygen atoms in total. The van der Waals surface area contributed by atoms with E-state index in [0.29, 0.717) is 31.2 Å². The summed E-state index contributed by atoms with van der Waals surface area (Å²) in [6.07, 6.45) is -1.17. The van der Waals surface area contributed by atoms with E-state index in [1.165, 1.54) is 62.4 Å². The van der Waals surface area contributed by atoms with E-state index in [0.717, 1.165) is 0 Å². The van der Waals surface area contributed by atoms with Crippen LogP contribution >= 0.6 is 0 Å². The molecule has 17 heteroatoms. The fraction of sp³-hybridized carbons (Fsp3) is 0.312. The Balaban J connectivity index is 1.36. The molecule has 65 heavy (non-hydrogen) atoms. The van der Waals surface area contributed by atoms with Crippen LogP contribution in [0.5, 0.6) is 0 Å². The van der Waals surface area contributed by atoms with Gasteiger partial charge < -0.3 is 20.1 Å². The van der Waals surface area contributed by atoms with Crippen molar-refractivity contribution in [3.05, 3.63) is 143 Å². The number of fused-ring (bicyclic) bond motifs is 2. The number of amides is 8. The fourth-order valence-electron chi connectivity index (χ4n) is 7.32. The predicted octanol–water partition coefficient (Wildman–Crippen LogP) is 4.86. The minimum Gasteiger partial charge on any atom is -0.459 e. The van der Waals surface area contributed by atoms with Gasteiger partial charge in [0.1, 0.15) is 36.4 Å². The Labute approximate surface area is 375 Å². The molecule has 0 aromatic heterocycles. The number of esters is 1. The van der Waals surface area contributed by atoms with Crippen LogP contribution in [0.15, 0.2) is 109 Å². The minimum absolute atomic E-state index is 0.0287. The molecule has 4 aromatic carbocycles. The number of alkyl carbamates (subject to hydrolysis) is 1. The number of hydrogen-bond donors (Lipinski definition) is 2. The second-order valence-electron chi connectivity index (χ2n) is 16.9. The summed E-state index contributed by atoms with van der Waals surface area (Å²) in [7, 11) is 0. The van der Waals surface area contributed by atoms with Crippen molar-refractivity contribution in [1.82, 2.24) is 30.7 Å². The average molecular weight is 887 g/mol. The van der Waals surface area contributed by atoms with Crippen LogP contribution in [0.4, 0.5) is 4.79 Å². The first-order valence-corrected chi connectivity index (χ1v) is 21.0. The first-order chi connectivity index (χ1) is 30.8. The number of hydrazine groups is 2. The monoisotopic (exact) mass is 886 g/mol. The lowest BCUT2D eigenvalue weighted by atomic mass is 10.0. The summed E-state index contributed by atoms with van der Waals surface area (Å²) in [5.74, 6) is -8.70. The maximum atomic E-state index is 15.0. The van der Waals surface area contributed by atoms with E-state index >= 15 is 0 Å². The highest BCUT2D eigenvalue weighted by Crippen LogP contribution is 2.29. The Morgan fingerprint density at radius 2 is 0.985 bits per heavy atom. The summed E-state index contributed by atoms with van der Waals surface area (Å²) in [5.41, 5.74) is 0.0344. The Bertz CT molecular complexity index is 2450. The molecule has 6 rings (SSSR count). The molecule has 4 atom stereocenters. The van der Waals surface area contributed by atoms with E-state index in [1.807, 2.05) is 0 Å². The largest absolute Gasteiger partial charge is 0.459 e. The van der Waals surface area contributed by atoms with Gasteiger partial charge in [-0.3, -0.25) is 33.6 Å². The SMILES string of the molecule is CC(C)[C@H](NC(=O)[C@@H](C)N(C(=O)[C@H](Cc1ccccc1)NC(=O)OC(C)(C)C)N1C(=O)c2ccccc2C1=O)C(=O)N([C@H](C)C(=O)OCc1ccccc1)N1C(=O)c2ccccc2C1=O. The quantitative estimate of drug-likeness (QED) is 0.122. The number of nitrogens with zero attached hydrogens (tertiary/aromatic N) is 4. The summed E-state index contributed by atoms with van der Waals surface area (Å²) >= 11 is 0. The minimum atomic E-state index is -1.77. The highest BCUT2D eigenvalue weighted by Gasteiger charge is 2.50. The summed E-state index contributed by atoms with van der Waals surface area (Å²) < 4.78 is 11.0. The lowest BCUT2D eigenvalue weighted by Crippen LogP contribution is -2.65. The molecule has 2 heterocycles. The highest BCUT2D eigenvalue weighted by molar-refractivity contribution is 6.23. The smallest absolute Gasteiger partial charge is 0.408 e. The third-order valence-electron chi connectivity index (χ3n) is 10.6. The third-order valence-corrected chi connectivity index (χ3v) is 10.6. The van der Waals surface area contributed by atoms with Gasteiger partial charge in [0.25, 0.3) is 35.4 Å². The van der Waals surface area contributed by atoms with E-state index in [1.54, 1.807) is 95.3 Å². The van der Waals surface area contributed by atoms with Gasteiger partial charge in [-0.1, -0.05) is 98.8 Å². The third kappa shape index (κ3) is 10.1. The van der Waals surface area contributed by atoms with Crippen molar-refractivity contribution in [1.29, 1.82) is 0 Å². The zero-order valence-electron chi connectivity index (χ0n) is 37.0. The van der Waals surface area contributed by atoms with Crippen molar-refractivity contribution in [2.75, 3.05) is 0 Å². The number of ether oxygens (including phenoxy) is 2. The van der Waals surface area contributed by atoms with Crippen molar-refractivity contribution in [2.24, 2.45) is 5.92 Å². The van der Waals surface area contributed by atoms with E-state index < -0.39 is 89.1 Å². The highest BCUT2D eigenvalue weighted by atomic mass is 16.6. The van der Waals surface area contributed by atoms with Crippen LogP contribution in [-0.4, -0.2) is 103 Å². The molecule has 4 aromatic rings. The number of carbonyl (C=O) groups excluding carboxylic acids is 9. The standard InChI is InChI=1S/C48H50N6O11/c1-28(2)38(45(61)52(30(4)46(62)64-27-32-20-12-9-13-21-32)54-42(58)35-24-16-17-25-36(35)43(54)59)50-39(55)29(3)51(53-40(56)33-22-14-15-23-34(33)41(53)57)44(60)37(26-31-18-10-8-11-19-31)49-47(63)65-48(5,6)7/h8-25,28-30,37-38H,26-27H2,1-7H3,(H,49,63)(H,50,55)/t29-,30-,37+,38+/m1/s1. The van der Waals surface area contributed by atoms with Crippen molar-refractivity contribution < 1.29 is 52.6 Å². The molecule has 8 amide bonds. The molecule has 2 aliphatic heterocycles. The molecule has 338 valence electrons. The van der Waals surface area contributed by atoms with Gasteiger partial charge >= 0.3 is 12.1 Å². The molecule has 0 radical (unpaired) electrons. The molecular formula is C48H50N6O11. The predicted molar refractivity (Wildman–Crippen MR) is 233 cm³/mol. The van der Waals surface area contributed by atoms with Crippen molar-refractivity contribution >= 4 is 53.4 Å². The molecule has 2 N–H and O–H groups in total. The Kier molecular flexibility index (Phi) is 13.9. The molecule has 0 saturated heterocycles. The zero-order valence-corrected chi connectivity index (χ0v) is 37.0. The molecule has 0 fully saturated rings. The Morgan fingerprint density at radius 3 is 1.42 bits per heavy atom. The van der Waals surface area contributed by atoms with Gasteiger partial charge in [0.05, 0.1) is 22.3 Å². The van der Waals surface area contributed by atoms with Gasteiger partial charge in [-0.05, 0) is 75.9 Å². The van der Waals surface area contributed by atoms with Crippen LogP contribution in [0.2, 0.25) is 0 Å². The number of hydrogen-bond acceptors (Lipinski definition) is 11. The maximum Gasteiger partial charge on any atom is 0.408 e. The van der Waals surface area contributed by atoms with Crippen LogP contribution in [-0.2, 0) is 41.7 Å².